The Hall–Kier alpha value is -1.23. The number of ether oxygens (including phenoxy) is 1. The standard InChI is InChI=1S/C13H15F3O2/c14-13(15,16)18-11-6-4-9(5-7-11)8-10-2-1-3-12(10)17/h4-7,10,12,17H,1-3,8H2. The molecule has 1 N–H and O–H groups in total. The minimum atomic E-state index is -4.65. The van der Waals surface area contributed by atoms with Gasteiger partial charge in [-0.25, -0.2) is 0 Å². The number of benzene rings is 1. The van der Waals surface area contributed by atoms with E-state index in [0.717, 1.165) is 24.8 Å². The number of halogens is 3. The van der Waals surface area contributed by atoms with Gasteiger partial charge in [0, 0.05) is 0 Å². The van der Waals surface area contributed by atoms with Crippen molar-refractivity contribution in [3.05, 3.63) is 29.8 Å². The Morgan fingerprint density at radius 3 is 2.33 bits per heavy atom. The Morgan fingerprint density at radius 1 is 1.17 bits per heavy atom. The highest BCUT2D eigenvalue weighted by Crippen LogP contribution is 2.29. The van der Waals surface area contributed by atoms with Gasteiger partial charge in [-0.05, 0) is 42.9 Å². The van der Waals surface area contributed by atoms with E-state index < -0.39 is 6.36 Å². The zero-order chi connectivity index (χ0) is 13.2. The van der Waals surface area contributed by atoms with Crippen LogP contribution >= 0.6 is 0 Å². The first-order valence-electron chi connectivity index (χ1n) is 5.97. The molecule has 0 saturated heterocycles. The van der Waals surface area contributed by atoms with Crippen LogP contribution in [0.4, 0.5) is 13.2 Å². The molecule has 1 aromatic rings. The van der Waals surface area contributed by atoms with Crippen LogP contribution in [-0.2, 0) is 6.42 Å². The molecule has 0 heterocycles. The highest BCUT2D eigenvalue weighted by atomic mass is 19.4. The molecule has 0 aromatic heterocycles. The molecule has 100 valence electrons. The first-order valence-corrected chi connectivity index (χ1v) is 5.97. The van der Waals surface area contributed by atoms with Crippen LogP contribution < -0.4 is 4.74 Å². The van der Waals surface area contributed by atoms with E-state index in [-0.39, 0.29) is 17.8 Å². The number of aliphatic hydroxyl groups is 1. The fraction of sp³-hybridized carbons (Fsp3) is 0.538. The maximum Gasteiger partial charge on any atom is 0.573 e. The lowest BCUT2D eigenvalue weighted by molar-refractivity contribution is -0.274. The molecule has 2 atom stereocenters. The Kier molecular flexibility index (Phi) is 3.80. The molecule has 0 bridgehead atoms. The van der Waals surface area contributed by atoms with Gasteiger partial charge in [-0.15, -0.1) is 13.2 Å². The maximum atomic E-state index is 12.0. The first kappa shape index (κ1) is 13.2. The molecular formula is C13H15F3O2. The van der Waals surface area contributed by atoms with Gasteiger partial charge in [0.1, 0.15) is 5.75 Å². The van der Waals surface area contributed by atoms with Gasteiger partial charge in [0.05, 0.1) is 6.10 Å². The molecule has 2 unspecified atom stereocenters. The minimum absolute atomic E-state index is 0.210. The van der Waals surface area contributed by atoms with Crippen molar-refractivity contribution < 1.29 is 23.0 Å². The van der Waals surface area contributed by atoms with Crippen molar-refractivity contribution in [1.82, 2.24) is 0 Å². The quantitative estimate of drug-likeness (QED) is 0.903. The van der Waals surface area contributed by atoms with Crippen molar-refractivity contribution in [2.75, 3.05) is 0 Å². The van der Waals surface area contributed by atoms with Crippen molar-refractivity contribution in [2.45, 2.75) is 38.1 Å². The van der Waals surface area contributed by atoms with Gasteiger partial charge in [0.15, 0.2) is 0 Å². The van der Waals surface area contributed by atoms with Crippen molar-refractivity contribution in [1.29, 1.82) is 0 Å². The third kappa shape index (κ3) is 3.63. The summed E-state index contributed by atoms with van der Waals surface area (Å²) in [6.07, 6.45) is -1.42. The normalized spacial score (nSPS) is 24.2. The number of hydrogen-bond donors (Lipinski definition) is 1. The Labute approximate surface area is 103 Å². The summed E-state index contributed by atoms with van der Waals surface area (Å²) >= 11 is 0. The highest BCUT2D eigenvalue weighted by Gasteiger charge is 2.31. The molecule has 1 aromatic carbocycles. The molecule has 2 rings (SSSR count). The van der Waals surface area contributed by atoms with Crippen LogP contribution in [-0.4, -0.2) is 17.6 Å². The lowest BCUT2D eigenvalue weighted by Crippen LogP contribution is -2.17. The molecule has 1 aliphatic rings. The Morgan fingerprint density at radius 2 is 1.83 bits per heavy atom. The first-order chi connectivity index (χ1) is 8.44. The lowest BCUT2D eigenvalue weighted by atomic mass is 9.96. The van der Waals surface area contributed by atoms with E-state index in [1.54, 1.807) is 12.1 Å². The molecular weight excluding hydrogens is 245 g/mol. The Balaban J connectivity index is 1.95. The average Bonchev–Trinajstić information content (AvgIpc) is 2.65. The van der Waals surface area contributed by atoms with Crippen molar-refractivity contribution in [3.63, 3.8) is 0 Å². The van der Waals surface area contributed by atoms with E-state index in [2.05, 4.69) is 4.74 Å². The topological polar surface area (TPSA) is 29.5 Å². The van der Waals surface area contributed by atoms with Gasteiger partial charge in [0.25, 0.3) is 0 Å². The monoisotopic (exact) mass is 260 g/mol. The second-order valence-electron chi connectivity index (χ2n) is 4.65. The summed E-state index contributed by atoms with van der Waals surface area (Å²) in [7, 11) is 0. The van der Waals surface area contributed by atoms with Crippen molar-refractivity contribution >= 4 is 0 Å². The number of alkyl halides is 3. The van der Waals surface area contributed by atoms with Gasteiger partial charge in [-0.2, -0.15) is 0 Å². The van der Waals surface area contributed by atoms with E-state index >= 15 is 0 Å². The SMILES string of the molecule is OC1CCCC1Cc1ccc(OC(F)(F)F)cc1. The molecule has 1 fully saturated rings. The third-order valence-corrected chi connectivity index (χ3v) is 3.27. The molecule has 0 aliphatic heterocycles. The van der Waals surface area contributed by atoms with Crippen LogP contribution in [0.1, 0.15) is 24.8 Å². The van der Waals surface area contributed by atoms with Gasteiger partial charge in [-0.3, -0.25) is 0 Å². The zero-order valence-corrected chi connectivity index (χ0v) is 9.78. The second-order valence-corrected chi connectivity index (χ2v) is 4.65. The molecule has 1 saturated carbocycles. The summed E-state index contributed by atoms with van der Waals surface area (Å²) in [4.78, 5) is 0. The Bertz CT molecular complexity index is 386. The van der Waals surface area contributed by atoms with Crippen LogP contribution in [0.5, 0.6) is 5.75 Å². The predicted molar refractivity (Wildman–Crippen MR) is 60.2 cm³/mol. The van der Waals surface area contributed by atoms with Crippen LogP contribution in [0, 0.1) is 5.92 Å². The summed E-state index contributed by atoms with van der Waals surface area (Å²) < 4.78 is 39.7. The smallest absolute Gasteiger partial charge is 0.406 e. The van der Waals surface area contributed by atoms with Gasteiger partial charge < -0.3 is 9.84 Å². The summed E-state index contributed by atoms with van der Waals surface area (Å²) in [5.74, 6) is 0.0117. The molecule has 5 heteroatoms. The summed E-state index contributed by atoms with van der Waals surface area (Å²) in [6.45, 7) is 0. The fourth-order valence-electron chi connectivity index (χ4n) is 2.39. The van der Waals surface area contributed by atoms with Crippen LogP contribution in [0.25, 0.3) is 0 Å². The van der Waals surface area contributed by atoms with Crippen LogP contribution in [0.2, 0.25) is 0 Å². The van der Waals surface area contributed by atoms with Crippen molar-refractivity contribution in [3.8, 4) is 5.75 Å². The highest BCUT2D eigenvalue weighted by molar-refractivity contribution is 5.27. The summed E-state index contributed by atoms with van der Waals surface area (Å²) in [5.41, 5.74) is 0.926. The molecule has 0 amide bonds. The zero-order valence-electron chi connectivity index (χ0n) is 9.78. The van der Waals surface area contributed by atoms with E-state index in [0.29, 0.717) is 6.42 Å². The molecule has 0 spiro atoms. The number of aliphatic hydroxyl groups excluding tert-OH is 1. The fourth-order valence-corrected chi connectivity index (χ4v) is 2.39. The minimum Gasteiger partial charge on any atom is -0.406 e. The van der Waals surface area contributed by atoms with Crippen LogP contribution in [0.15, 0.2) is 24.3 Å². The molecule has 2 nitrogen and oxygen atoms in total. The average molecular weight is 260 g/mol. The van der Waals surface area contributed by atoms with Gasteiger partial charge in [0.2, 0.25) is 0 Å². The number of hydrogen-bond acceptors (Lipinski definition) is 2. The summed E-state index contributed by atoms with van der Waals surface area (Å²) in [5, 5.41) is 9.68. The van der Waals surface area contributed by atoms with E-state index in [1.807, 2.05) is 0 Å². The van der Waals surface area contributed by atoms with Gasteiger partial charge in [-0.1, -0.05) is 18.6 Å². The molecule has 1 aliphatic carbocycles. The lowest BCUT2D eigenvalue weighted by Gasteiger charge is -2.14. The van der Waals surface area contributed by atoms with Gasteiger partial charge >= 0.3 is 6.36 Å². The molecule has 18 heavy (non-hydrogen) atoms. The van der Waals surface area contributed by atoms with E-state index in [1.165, 1.54) is 12.1 Å². The third-order valence-electron chi connectivity index (χ3n) is 3.27. The van der Waals surface area contributed by atoms with Crippen molar-refractivity contribution in [2.24, 2.45) is 5.92 Å². The summed E-state index contributed by atoms with van der Waals surface area (Å²) in [6, 6.07) is 5.85. The second kappa shape index (κ2) is 5.18. The largest absolute Gasteiger partial charge is 0.573 e. The maximum absolute atomic E-state index is 12.0. The number of rotatable bonds is 3. The van der Waals surface area contributed by atoms with E-state index in [4.69, 9.17) is 0 Å². The van der Waals surface area contributed by atoms with Crippen LogP contribution in [0.3, 0.4) is 0 Å². The predicted octanol–water partition coefficient (Wildman–Crippen LogP) is 3.29. The molecule has 0 radical (unpaired) electrons. The van der Waals surface area contributed by atoms with E-state index in [9.17, 15) is 18.3 Å².